The van der Waals surface area contributed by atoms with Gasteiger partial charge in [0.05, 0.1) is 11.1 Å². The van der Waals surface area contributed by atoms with Crippen molar-refractivity contribution < 1.29 is 4.74 Å². The molecule has 0 spiro atoms. The third-order valence-electron chi connectivity index (χ3n) is 2.66. The van der Waals surface area contributed by atoms with Gasteiger partial charge in [-0.05, 0) is 34.3 Å². The molecular weight excluding hydrogens is 320 g/mol. The van der Waals surface area contributed by atoms with Gasteiger partial charge < -0.3 is 4.74 Å². The highest BCUT2D eigenvalue weighted by Gasteiger charge is 2.21. The largest absolute Gasteiger partial charge is 0.492 e. The summed E-state index contributed by atoms with van der Waals surface area (Å²) >= 11 is 7.00. The third kappa shape index (κ3) is 3.22. The summed E-state index contributed by atoms with van der Waals surface area (Å²) < 4.78 is 6.88. The molecule has 1 aliphatic rings. The van der Waals surface area contributed by atoms with E-state index >= 15 is 0 Å². The SMILES string of the molecule is BrCc1cccc(Br)c1OCCC1CC1. The lowest BCUT2D eigenvalue weighted by molar-refractivity contribution is 0.298. The second-order valence-corrected chi connectivity index (χ2v) is 5.36. The fourth-order valence-corrected chi connectivity index (χ4v) is 2.52. The molecule has 1 aromatic carbocycles. The fraction of sp³-hybridized carbons (Fsp3) is 0.500. The first kappa shape index (κ1) is 11.5. The second-order valence-electron chi connectivity index (χ2n) is 3.94. The van der Waals surface area contributed by atoms with Crippen molar-refractivity contribution >= 4 is 31.9 Å². The molecule has 1 aromatic rings. The van der Waals surface area contributed by atoms with Crippen LogP contribution in [-0.4, -0.2) is 6.61 Å². The van der Waals surface area contributed by atoms with Crippen molar-refractivity contribution in [2.45, 2.75) is 24.6 Å². The molecule has 0 aliphatic heterocycles. The van der Waals surface area contributed by atoms with Crippen molar-refractivity contribution in [2.75, 3.05) is 6.61 Å². The van der Waals surface area contributed by atoms with Gasteiger partial charge in [0.15, 0.2) is 0 Å². The summed E-state index contributed by atoms with van der Waals surface area (Å²) in [5, 5.41) is 0.838. The van der Waals surface area contributed by atoms with Crippen LogP contribution in [0.2, 0.25) is 0 Å². The predicted molar refractivity (Wildman–Crippen MR) is 69.6 cm³/mol. The Labute approximate surface area is 107 Å². The molecule has 0 atom stereocenters. The van der Waals surface area contributed by atoms with Crippen molar-refractivity contribution in [3.63, 3.8) is 0 Å². The minimum Gasteiger partial charge on any atom is -0.492 e. The third-order valence-corrected chi connectivity index (χ3v) is 3.89. The van der Waals surface area contributed by atoms with Crippen LogP contribution in [0.4, 0.5) is 0 Å². The topological polar surface area (TPSA) is 9.23 Å². The van der Waals surface area contributed by atoms with Gasteiger partial charge in [-0.15, -0.1) is 0 Å². The summed E-state index contributed by atoms with van der Waals surface area (Å²) in [6.07, 6.45) is 3.98. The maximum atomic E-state index is 5.83. The van der Waals surface area contributed by atoms with Crippen LogP contribution >= 0.6 is 31.9 Å². The number of halogens is 2. The lowest BCUT2D eigenvalue weighted by Gasteiger charge is -2.11. The number of alkyl halides is 1. The number of hydrogen-bond donors (Lipinski definition) is 0. The molecule has 0 unspecified atom stereocenters. The van der Waals surface area contributed by atoms with Crippen molar-refractivity contribution in [1.29, 1.82) is 0 Å². The first-order chi connectivity index (χ1) is 7.31. The Balaban J connectivity index is 1.97. The van der Waals surface area contributed by atoms with Crippen molar-refractivity contribution in [1.82, 2.24) is 0 Å². The number of hydrogen-bond acceptors (Lipinski definition) is 1. The normalized spacial score (nSPS) is 15.3. The summed E-state index contributed by atoms with van der Waals surface area (Å²) in [5.74, 6) is 1.93. The summed E-state index contributed by atoms with van der Waals surface area (Å²) in [6, 6.07) is 6.15. The molecule has 1 fully saturated rings. The molecule has 15 heavy (non-hydrogen) atoms. The first-order valence-corrected chi connectivity index (χ1v) is 7.19. The maximum Gasteiger partial charge on any atom is 0.137 e. The molecule has 0 bridgehead atoms. The number of rotatable bonds is 5. The molecule has 1 aliphatic carbocycles. The van der Waals surface area contributed by atoms with Crippen molar-refractivity contribution in [3.05, 3.63) is 28.2 Å². The highest BCUT2D eigenvalue weighted by Crippen LogP contribution is 2.34. The zero-order chi connectivity index (χ0) is 10.7. The van der Waals surface area contributed by atoms with E-state index in [-0.39, 0.29) is 0 Å². The summed E-state index contributed by atoms with van der Waals surface area (Å²) in [5.41, 5.74) is 1.21. The van der Waals surface area contributed by atoms with Gasteiger partial charge in [-0.2, -0.15) is 0 Å². The molecule has 3 heteroatoms. The van der Waals surface area contributed by atoms with Crippen LogP contribution in [0.25, 0.3) is 0 Å². The smallest absolute Gasteiger partial charge is 0.137 e. The van der Waals surface area contributed by atoms with Crippen LogP contribution in [0.3, 0.4) is 0 Å². The van der Waals surface area contributed by atoms with E-state index in [9.17, 15) is 0 Å². The van der Waals surface area contributed by atoms with Crippen molar-refractivity contribution in [3.8, 4) is 5.75 Å². The summed E-state index contributed by atoms with van der Waals surface area (Å²) in [6.45, 7) is 0.841. The Morgan fingerprint density at radius 2 is 2.13 bits per heavy atom. The zero-order valence-electron chi connectivity index (χ0n) is 8.51. The lowest BCUT2D eigenvalue weighted by Crippen LogP contribution is -2.01. The Kier molecular flexibility index (Phi) is 4.09. The maximum absolute atomic E-state index is 5.83. The van der Waals surface area contributed by atoms with E-state index in [1.165, 1.54) is 24.8 Å². The Hall–Kier alpha value is -0.0200. The first-order valence-electron chi connectivity index (χ1n) is 5.27. The standard InChI is InChI=1S/C12H14Br2O/c13-8-10-2-1-3-11(14)12(10)15-7-6-9-4-5-9/h1-3,9H,4-8H2. The Bertz CT molecular complexity index is 334. The van der Waals surface area contributed by atoms with Crippen LogP contribution in [0.5, 0.6) is 5.75 Å². The van der Waals surface area contributed by atoms with Gasteiger partial charge in [0.25, 0.3) is 0 Å². The van der Waals surface area contributed by atoms with Crippen LogP contribution in [0, 0.1) is 5.92 Å². The number of para-hydroxylation sites is 1. The summed E-state index contributed by atoms with van der Waals surface area (Å²) in [7, 11) is 0. The average Bonchev–Trinajstić information content (AvgIpc) is 3.04. The molecule has 0 heterocycles. The number of ether oxygens (including phenoxy) is 1. The van der Waals surface area contributed by atoms with Gasteiger partial charge in [-0.1, -0.05) is 40.9 Å². The molecule has 1 saturated carbocycles. The lowest BCUT2D eigenvalue weighted by atomic mass is 10.2. The molecule has 82 valence electrons. The molecule has 0 saturated heterocycles. The Morgan fingerprint density at radius 1 is 1.33 bits per heavy atom. The monoisotopic (exact) mass is 332 g/mol. The van der Waals surface area contributed by atoms with E-state index in [0.29, 0.717) is 0 Å². The van der Waals surface area contributed by atoms with Gasteiger partial charge in [-0.25, -0.2) is 0 Å². The molecule has 0 amide bonds. The molecule has 0 N–H and O–H groups in total. The Morgan fingerprint density at radius 3 is 2.80 bits per heavy atom. The highest BCUT2D eigenvalue weighted by molar-refractivity contribution is 9.10. The van der Waals surface area contributed by atoms with Crippen LogP contribution < -0.4 is 4.74 Å². The van der Waals surface area contributed by atoms with Gasteiger partial charge in [0.2, 0.25) is 0 Å². The van der Waals surface area contributed by atoms with Crippen LogP contribution in [-0.2, 0) is 5.33 Å². The highest BCUT2D eigenvalue weighted by atomic mass is 79.9. The molecule has 1 nitrogen and oxygen atoms in total. The van der Waals surface area contributed by atoms with Crippen molar-refractivity contribution in [2.24, 2.45) is 5.92 Å². The molecular formula is C12H14Br2O. The van der Waals surface area contributed by atoms with Gasteiger partial charge in [0.1, 0.15) is 5.75 Å². The molecule has 0 aromatic heterocycles. The van der Waals surface area contributed by atoms with Gasteiger partial charge >= 0.3 is 0 Å². The average molecular weight is 334 g/mol. The summed E-state index contributed by atoms with van der Waals surface area (Å²) in [4.78, 5) is 0. The van der Waals surface area contributed by atoms with E-state index in [1.807, 2.05) is 12.1 Å². The van der Waals surface area contributed by atoms with Gasteiger partial charge in [-0.3, -0.25) is 0 Å². The zero-order valence-corrected chi connectivity index (χ0v) is 11.7. The molecule has 0 radical (unpaired) electrons. The fourth-order valence-electron chi connectivity index (χ4n) is 1.55. The second kappa shape index (κ2) is 5.35. The van der Waals surface area contributed by atoms with E-state index in [0.717, 1.165) is 28.1 Å². The van der Waals surface area contributed by atoms with Gasteiger partial charge in [0, 0.05) is 10.9 Å². The minimum absolute atomic E-state index is 0.838. The minimum atomic E-state index is 0.838. The van der Waals surface area contributed by atoms with E-state index in [4.69, 9.17) is 4.74 Å². The number of benzene rings is 1. The van der Waals surface area contributed by atoms with E-state index in [2.05, 4.69) is 37.9 Å². The molecule has 2 rings (SSSR count). The van der Waals surface area contributed by atoms with E-state index in [1.54, 1.807) is 0 Å². The van der Waals surface area contributed by atoms with E-state index < -0.39 is 0 Å². The van der Waals surface area contributed by atoms with Crippen LogP contribution in [0.15, 0.2) is 22.7 Å². The quantitative estimate of drug-likeness (QED) is 0.720. The van der Waals surface area contributed by atoms with Crippen LogP contribution in [0.1, 0.15) is 24.8 Å². The predicted octanol–water partition coefficient (Wildman–Crippen LogP) is 4.52.